The molecule has 180 valence electrons. The van der Waals surface area contributed by atoms with Gasteiger partial charge in [0.15, 0.2) is 9.84 Å². The number of hydrogen-bond donors (Lipinski definition) is 1. The fourth-order valence-electron chi connectivity index (χ4n) is 5.08. The van der Waals surface area contributed by atoms with Crippen molar-refractivity contribution >= 4 is 37.9 Å². The molecule has 0 fully saturated rings. The van der Waals surface area contributed by atoms with Crippen molar-refractivity contribution in [3.8, 4) is 11.3 Å². The molecule has 3 aromatic heterocycles. The monoisotopic (exact) mass is 498 g/mol. The Morgan fingerprint density at radius 3 is 2.72 bits per heavy atom. The van der Waals surface area contributed by atoms with Gasteiger partial charge in [-0.05, 0) is 48.4 Å². The van der Waals surface area contributed by atoms with Gasteiger partial charge in [-0.1, -0.05) is 24.3 Å². The molecule has 0 atom stereocenters. The molecule has 0 radical (unpaired) electrons. The Bertz CT molecular complexity index is 1880. The van der Waals surface area contributed by atoms with Crippen molar-refractivity contribution in [2.45, 2.75) is 19.2 Å². The summed E-state index contributed by atoms with van der Waals surface area (Å²) in [6, 6.07) is 16.4. The first-order chi connectivity index (χ1) is 17.2. The van der Waals surface area contributed by atoms with E-state index in [1.54, 1.807) is 41.6 Å². The molecular weight excluding hydrogens is 476 g/mol. The van der Waals surface area contributed by atoms with Crippen LogP contribution in [0.4, 0.5) is 5.69 Å². The normalized spacial score (nSPS) is 13.1. The van der Waals surface area contributed by atoms with E-state index < -0.39 is 9.84 Å². The summed E-state index contributed by atoms with van der Waals surface area (Å²) in [5.41, 5.74) is 5.72. The zero-order valence-corrected chi connectivity index (χ0v) is 20.5. The molecule has 1 amide bonds. The number of para-hydroxylation sites is 1. The van der Waals surface area contributed by atoms with Crippen molar-refractivity contribution in [3.63, 3.8) is 0 Å². The third-order valence-corrected chi connectivity index (χ3v) is 7.42. The lowest BCUT2D eigenvalue weighted by atomic mass is 10.0. The molecule has 9 heteroatoms. The fraction of sp³-hybridized carbons (Fsp3) is 0.148. The molecule has 0 aliphatic carbocycles. The first-order valence-corrected chi connectivity index (χ1v) is 13.5. The second-order valence-corrected chi connectivity index (χ2v) is 11.3. The molecule has 0 saturated carbocycles. The van der Waals surface area contributed by atoms with Gasteiger partial charge < -0.3 is 14.3 Å². The minimum Gasteiger partial charge on any atom is -0.325 e. The summed E-state index contributed by atoms with van der Waals surface area (Å²) in [6.07, 6.45) is 4.44. The van der Waals surface area contributed by atoms with Crippen LogP contribution in [0, 0.1) is 6.92 Å². The molecule has 1 aliphatic heterocycles. The van der Waals surface area contributed by atoms with E-state index in [0.29, 0.717) is 27.9 Å². The number of hydrogen-bond acceptors (Lipinski definition) is 5. The van der Waals surface area contributed by atoms with E-state index >= 15 is 0 Å². The predicted molar refractivity (Wildman–Crippen MR) is 139 cm³/mol. The molecule has 8 nitrogen and oxygen atoms in total. The number of aryl methyl sites for hydroxylation is 1. The van der Waals surface area contributed by atoms with Gasteiger partial charge in [-0.15, -0.1) is 0 Å². The number of nitrogens with one attached hydrogen (secondary N) is 1. The summed E-state index contributed by atoms with van der Waals surface area (Å²) in [6.45, 7) is 2.08. The van der Waals surface area contributed by atoms with Crippen LogP contribution in [0.5, 0.6) is 0 Å². The van der Waals surface area contributed by atoms with E-state index in [-0.39, 0.29) is 23.8 Å². The van der Waals surface area contributed by atoms with Crippen LogP contribution in [-0.2, 0) is 22.1 Å². The molecule has 2 aromatic carbocycles. The molecule has 0 saturated heterocycles. The number of aromatic nitrogens is 3. The number of aromatic amines is 1. The Labute approximate surface area is 206 Å². The lowest BCUT2D eigenvalue weighted by Gasteiger charge is -2.24. The predicted octanol–water partition coefficient (Wildman–Crippen LogP) is 3.86. The summed E-state index contributed by atoms with van der Waals surface area (Å²) in [4.78, 5) is 35.7. The number of nitrogens with zero attached hydrogens (tertiary/aromatic N) is 3. The van der Waals surface area contributed by atoms with Crippen LogP contribution in [0.25, 0.3) is 27.7 Å². The Balaban J connectivity index is 1.62. The molecule has 36 heavy (non-hydrogen) atoms. The number of sulfone groups is 1. The molecular formula is C27H22N4O4S. The largest absolute Gasteiger partial charge is 0.325 e. The summed E-state index contributed by atoms with van der Waals surface area (Å²) in [7, 11) is -3.27. The van der Waals surface area contributed by atoms with E-state index in [2.05, 4.69) is 9.97 Å². The van der Waals surface area contributed by atoms with Crippen LogP contribution < -0.4 is 10.5 Å². The summed E-state index contributed by atoms with van der Waals surface area (Å²) in [5.74, 6) is -0.341. The molecule has 0 bridgehead atoms. The smallest absolute Gasteiger partial charge is 0.272 e. The number of fused-ring (bicyclic) bond motifs is 3. The summed E-state index contributed by atoms with van der Waals surface area (Å²) >= 11 is 0. The van der Waals surface area contributed by atoms with E-state index in [1.807, 2.05) is 41.7 Å². The Kier molecular flexibility index (Phi) is 4.87. The number of benzene rings is 2. The maximum absolute atomic E-state index is 14.1. The molecule has 1 aliphatic rings. The SMILES string of the molecule is Cc1cc2n3c(c[nH]c(=O)c13)CN(C(=O)c1ccnc3ccccc13)c1ccc(CS(C)(=O)=O)cc1-2. The zero-order chi connectivity index (χ0) is 25.2. The highest BCUT2D eigenvalue weighted by atomic mass is 32.2. The third-order valence-electron chi connectivity index (χ3n) is 6.56. The van der Waals surface area contributed by atoms with Crippen LogP contribution in [-0.4, -0.2) is 34.9 Å². The van der Waals surface area contributed by atoms with Gasteiger partial charge in [0.05, 0.1) is 40.5 Å². The van der Waals surface area contributed by atoms with Crippen molar-refractivity contribution in [1.82, 2.24) is 14.4 Å². The molecule has 6 rings (SSSR count). The number of pyridine rings is 1. The van der Waals surface area contributed by atoms with Gasteiger partial charge >= 0.3 is 0 Å². The van der Waals surface area contributed by atoms with Crippen LogP contribution in [0.2, 0.25) is 0 Å². The summed E-state index contributed by atoms with van der Waals surface area (Å²) in [5, 5.41) is 0.742. The highest BCUT2D eigenvalue weighted by Gasteiger charge is 2.29. The van der Waals surface area contributed by atoms with Gasteiger partial charge in [-0.25, -0.2) is 8.42 Å². The van der Waals surface area contributed by atoms with E-state index in [9.17, 15) is 18.0 Å². The van der Waals surface area contributed by atoms with Gasteiger partial charge in [0, 0.05) is 29.6 Å². The average Bonchev–Trinajstić information content (AvgIpc) is 3.14. The van der Waals surface area contributed by atoms with Gasteiger partial charge in [-0.2, -0.15) is 0 Å². The number of rotatable bonds is 3. The lowest BCUT2D eigenvalue weighted by molar-refractivity contribution is 0.0986. The van der Waals surface area contributed by atoms with Crippen molar-refractivity contribution in [2.24, 2.45) is 0 Å². The molecule has 5 aromatic rings. The maximum Gasteiger partial charge on any atom is 0.272 e. The summed E-state index contributed by atoms with van der Waals surface area (Å²) < 4.78 is 25.9. The second kappa shape index (κ2) is 7.89. The topological polar surface area (TPSA) is 105 Å². The number of carbonyl (C=O) groups excluding carboxylic acids is 1. The molecule has 0 unspecified atom stereocenters. The highest BCUT2D eigenvalue weighted by molar-refractivity contribution is 7.89. The van der Waals surface area contributed by atoms with Crippen molar-refractivity contribution < 1.29 is 13.2 Å². The molecule has 4 heterocycles. The first-order valence-electron chi connectivity index (χ1n) is 11.4. The Morgan fingerprint density at radius 1 is 1.11 bits per heavy atom. The molecule has 1 N–H and O–H groups in total. The zero-order valence-electron chi connectivity index (χ0n) is 19.6. The minimum atomic E-state index is -3.27. The standard InChI is InChI=1S/C27H22N4O4S/c1-16-11-24-21-12-17(15-36(2,34)35)7-8-23(21)30(14-18-13-29-26(32)25(16)31(18)24)27(33)20-9-10-28-22-6-4-3-5-19(20)22/h3-13H,14-15H2,1-2H3,(H,29,32). The van der Waals surface area contributed by atoms with E-state index in [0.717, 1.165) is 27.9 Å². The Morgan fingerprint density at radius 2 is 1.92 bits per heavy atom. The molecule has 0 spiro atoms. The highest BCUT2D eigenvalue weighted by Crippen LogP contribution is 2.39. The van der Waals surface area contributed by atoms with Crippen LogP contribution in [0.1, 0.15) is 27.2 Å². The number of H-pyrrole nitrogens is 1. The van der Waals surface area contributed by atoms with Gasteiger partial charge in [-0.3, -0.25) is 14.6 Å². The van der Waals surface area contributed by atoms with E-state index in [1.165, 1.54) is 6.26 Å². The van der Waals surface area contributed by atoms with Gasteiger partial charge in [0.1, 0.15) is 5.52 Å². The average molecular weight is 499 g/mol. The van der Waals surface area contributed by atoms with Crippen molar-refractivity contribution in [3.05, 3.63) is 99.7 Å². The fourth-order valence-corrected chi connectivity index (χ4v) is 5.87. The first kappa shape index (κ1) is 22.2. The second-order valence-electron chi connectivity index (χ2n) is 9.19. The number of amides is 1. The number of anilines is 1. The number of carbonyl (C=O) groups is 1. The third kappa shape index (κ3) is 3.51. The van der Waals surface area contributed by atoms with Crippen molar-refractivity contribution in [2.75, 3.05) is 11.2 Å². The van der Waals surface area contributed by atoms with Gasteiger partial charge in [0.25, 0.3) is 11.5 Å². The van der Waals surface area contributed by atoms with Crippen LogP contribution in [0.3, 0.4) is 0 Å². The van der Waals surface area contributed by atoms with Crippen LogP contribution in [0.15, 0.2) is 71.8 Å². The van der Waals surface area contributed by atoms with E-state index in [4.69, 9.17) is 0 Å². The minimum absolute atomic E-state index is 0.126. The van der Waals surface area contributed by atoms with Crippen molar-refractivity contribution in [1.29, 1.82) is 0 Å². The maximum atomic E-state index is 14.1. The lowest BCUT2D eigenvalue weighted by Crippen LogP contribution is -2.31. The quantitative estimate of drug-likeness (QED) is 0.407. The Hall–Kier alpha value is -4.24. The van der Waals surface area contributed by atoms with Crippen LogP contribution >= 0.6 is 0 Å². The van der Waals surface area contributed by atoms with Gasteiger partial charge in [0.2, 0.25) is 0 Å².